The van der Waals surface area contributed by atoms with Gasteiger partial charge in [-0.1, -0.05) is 0 Å². The standard InChI is InChI=1S/C8H16NO2Se/c9-5-3-1-2-4-7(6-12)8(10)11/h7H,1-6,9H2,(H,10,11). The summed E-state index contributed by atoms with van der Waals surface area (Å²) >= 11 is 2.76. The second-order valence-electron chi connectivity index (χ2n) is 2.84. The van der Waals surface area contributed by atoms with Crippen LogP contribution < -0.4 is 5.73 Å². The first kappa shape index (κ1) is 11.9. The molecule has 1 atom stereocenters. The van der Waals surface area contributed by atoms with E-state index in [4.69, 9.17) is 10.8 Å². The van der Waals surface area contributed by atoms with Crippen LogP contribution in [0.1, 0.15) is 25.7 Å². The first-order valence-corrected chi connectivity index (χ1v) is 5.44. The summed E-state index contributed by atoms with van der Waals surface area (Å²) in [5.74, 6) is -0.899. The van der Waals surface area contributed by atoms with Crippen molar-refractivity contribution < 1.29 is 9.90 Å². The molecule has 0 aliphatic heterocycles. The third-order valence-electron chi connectivity index (χ3n) is 1.81. The van der Waals surface area contributed by atoms with Crippen LogP contribution >= 0.6 is 0 Å². The molecule has 0 heterocycles. The van der Waals surface area contributed by atoms with Crippen molar-refractivity contribution in [3.8, 4) is 0 Å². The van der Waals surface area contributed by atoms with Gasteiger partial charge >= 0.3 is 81.1 Å². The number of aliphatic carboxylic acids is 1. The molecule has 0 fully saturated rings. The summed E-state index contributed by atoms with van der Waals surface area (Å²) in [6.45, 7) is 0.704. The van der Waals surface area contributed by atoms with E-state index in [-0.39, 0.29) is 5.92 Å². The van der Waals surface area contributed by atoms with Gasteiger partial charge in [0.25, 0.3) is 0 Å². The van der Waals surface area contributed by atoms with Crippen molar-refractivity contribution in [2.45, 2.75) is 31.0 Å². The average molecular weight is 237 g/mol. The molecule has 0 saturated heterocycles. The first-order chi connectivity index (χ1) is 5.72. The average Bonchev–Trinajstić information content (AvgIpc) is 2.04. The number of hydrogen-bond acceptors (Lipinski definition) is 2. The quantitative estimate of drug-likeness (QED) is 0.508. The number of carbonyl (C=O) groups is 1. The van der Waals surface area contributed by atoms with E-state index in [0.29, 0.717) is 11.9 Å². The molecular weight excluding hydrogens is 221 g/mol. The van der Waals surface area contributed by atoms with Crippen LogP contribution in [0.3, 0.4) is 0 Å². The molecule has 0 spiro atoms. The molecule has 4 heteroatoms. The van der Waals surface area contributed by atoms with E-state index >= 15 is 0 Å². The molecule has 0 aliphatic rings. The van der Waals surface area contributed by atoms with Gasteiger partial charge in [-0.2, -0.15) is 0 Å². The van der Waals surface area contributed by atoms with Gasteiger partial charge in [0.1, 0.15) is 0 Å². The summed E-state index contributed by atoms with van der Waals surface area (Å²) in [7, 11) is 0. The molecule has 3 N–H and O–H groups in total. The number of rotatable bonds is 7. The van der Waals surface area contributed by atoms with Crippen molar-refractivity contribution in [3.05, 3.63) is 0 Å². The molecule has 71 valence electrons. The maximum atomic E-state index is 10.5. The Balaban J connectivity index is 3.38. The Bertz CT molecular complexity index is 130. The van der Waals surface area contributed by atoms with Gasteiger partial charge in [0.15, 0.2) is 0 Å². The molecular formula is C8H16NO2Se. The van der Waals surface area contributed by atoms with E-state index in [9.17, 15) is 4.79 Å². The number of hydrogen-bond donors (Lipinski definition) is 2. The van der Waals surface area contributed by atoms with Crippen molar-refractivity contribution in [3.63, 3.8) is 0 Å². The zero-order valence-electron chi connectivity index (χ0n) is 7.16. The van der Waals surface area contributed by atoms with Crippen LogP contribution in [0.15, 0.2) is 0 Å². The predicted molar refractivity (Wildman–Crippen MR) is 49.2 cm³/mol. The first-order valence-electron chi connectivity index (χ1n) is 4.23. The van der Waals surface area contributed by atoms with E-state index in [0.717, 1.165) is 25.7 Å². The number of carboxylic acid groups (broad SMARTS) is 1. The summed E-state index contributed by atoms with van der Waals surface area (Å²) in [4.78, 5) is 10.5. The van der Waals surface area contributed by atoms with Crippen molar-refractivity contribution in [2.24, 2.45) is 11.7 Å². The fourth-order valence-corrected chi connectivity index (χ4v) is 1.64. The van der Waals surface area contributed by atoms with Crippen molar-refractivity contribution in [2.75, 3.05) is 6.54 Å². The second-order valence-corrected chi connectivity index (χ2v) is 3.54. The van der Waals surface area contributed by atoms with Crippen LogP contribution in [0.25, 0.3) is 0 Å². The fourth-order valence-electron chi connectivity index (χ4n) is 0.990. The van der Waals surface area contributed by atoms with E-state index in [1.807, 2.05) is 0 Å². The van der Waals surface area contributed by atoms with Crippen molar-refractivity contribution >= 4 is 22.0 Å². The summed E-state index contributed by atoms with van der Waals surface area (Å²) < 4.78 is 0. The molecule has 0 aromatic carbocycles. The van der Waals surface area contributed by atoms with E-state index in [1.165, 1.54) is 0 Å². The SMILES string of the molecule is NCCCCCC(C[Se])C(=O)O. The van der Waals surface area contributed by atoms with Crippen molar-refractivity contribution in [1.29, 1.82) is 0 Å². The second kappa shape index (κ2) is 7.59. The van der Waals surface area contributed by atoms with E-state index < -0.39 is 5.97 Å². The van der Waals surface area contributed by atoms with Gasteiger partial charge in [0.2, 0.25) is 0 Å². The Kier molecular flexibility index (Phi) is 7.56. The normalized spacial score (nSPS) is 12.8. The van der Waals surface area contributed by atoms with Gasteiger partial charge in [0.05, 0.1) is 0 Å². The third-order valence-corrected chi connectivity index (χ3v) is 2.65. The summed E-state index contributed by atoms with van der Waals surface area (Å²) in [5, 5.41) is 9.29. The monoisotopic (exact) mass is 238 g/mol. The van der Waals surface area contributed by atoms with Crippen LogP contribution in [0.2, 0.25) is 5.32 Å². The Labute approximate surface area is 81.5 Å². The predicted octanol–water partition coefficient (Wildman–Crippen LogP) is 0.793. The van der Waals surface area contributed by atoms with Crippen molar-refractivity contribution in [1.82, 2.24) is 0 Å². The maximum absolute atomic E-state index is 10.5. The topological polar surface area (TPSA) is 63.3 Å². The Morgan fingerprint density at radius 3 is 2.50 bits per heavy atom. The number of carboxylic acids is 1. The van der Waals surface area contributed by atoms with Crippen LogP contribution in [0.5, 0.6) is 0 Å². The molecule has 0 amide bonds. The number of nitrogens with two attached hydrogens (primary N) is 1. The van der Waals surface area contributed by atoms with Gasteiger partial charge in [-0.05, 0) is 0 Å². The molecule has 0 saturated carbocycles. The molecule has 0 aliphatic carbocycles. The Morgan fingerprint density at radius 2 is 2.08 bits per heavy atom. The zero-order chi connectivity index (χ0) is 9.40. The minimum absolute atomic E-state index is 0.206. The van der Waals surface area contributed by atoms with Gasteiger partial charge in [0, 0.05) is 0 Å². The summed E-state index contributed by atoms with van der Waals surface area (Å²) in [5.41, 5.74) is 5.32. The molecule has 0 aromatic heterocycles. The molecule has 0 aromatic rings. The van der Waals surface area contributed by atoms with E-state index in [2.05, 4.69) is 16.0 Å². The fraction of sp³-hybridized carbons (Fsp3) is 0.875. The Hall–Kier alpha value is -0.0505. The third kappa shape index (κ3) is 5.58. The van der Waals surface area contributed by atoms with Crippen LogP contribution in [0, 0.1) is 5.92 Å². The van der Waals surface area contributed by atoms with Gasteiger partial charge < -0.3 is 0 Å². The minimum atomic E-state index is -0.693. The van der Waals surface area contributed by atoms with Gasteiger partial charge in [-0.15, -0.1) is 0 Å². The van der Waals surface area contributed by atoms with Crippen LogP contribution in [-0.2, 0) is 4.79 Å². The summed E-state index contributed by atoms with van der Waals surface area (Å²) in [6, 6.07) is 0. The molecule has 1 radical (unpaired) electrons. The van der Waals surface area contributed by atoms with Gasteiger partial charge in [-0.25, -0.2) is 0 Å². The molecule has 0 bridgehead atoms. The molecule has 1 unspecified atom stereocenters. The van der Waals surface area contributed by atoms with Gasteiger partial charge in [-0.3, -0.25) is 0 Å². The summed E-state index contributed by atoms with van der Waals surface area (Å²) in [6.07, 6.45) is 3.78. The van der Waals surface area contributed by atoms with Crippen LogP contribution in [-0.4, -0.2) is 33.6 Å². The molecule has 0 rings (SSSR count). The van der Waals surface area contributed by atoms with Crippen LogP contribution in [0.4, 0.5) is 0 Å². The zero-order valence-corrected chi connectivity index (χ0v) is 8.87. The number of unbranched alkanes of at least 4 members (excludes halogenated alkanes) is 2. The molecule has 12 heavy (non-hydrogen) atoms. The van der Waals surface area contributed by atoms with E-state index in [1.54, 1.807) is 0 Å². The Morgan fingerprint density at radius 1 is 1.42 bits per heavy atom. The molecule has 3 nitrogen and oxygen atoms in total.